The van der Waals surface area contributed by atoms with Gasteiger partial charge in [-0.1, -0.05) is 32.4 Å². The molecule has 1 saturated carbocycles. The SMILES string of the molecule is CCCCOC(=O)c1cccc2c1OB(O)C(C1C(=O)C1C)C2. The molecule has 1 aliphatic heterocycles. The van der Waals surface area contributed by atoms with E-state index in [9.17, 15) is 14.6 Å². The van der Waals surface area contributed by atoms with Crippen LogP contribution in [0.25, 0.3) is 0 Å². The zero-order valence-corrected chi connectivity index (χ0v) is 13.5. The molecule has 0 aromatic heterocycles. The molecule has 1 heterocycles. The van der Waals surface area contributed by atoms with Gasteiger partial charge in [0, 0.05) is 17.7 Å². The first-order chi connectivity index (χ1) is 11.0. The van der Waals surface area contributed by atoms with E-state index in [4.69, 9.17) is 9.39 Å². The third kappa shape index (κ3) is 3.00. The molecular formula is C17H21BO5. The van der Waals surface area contributed by atoms with Gasteiger partial charge in [-0.2, -0.15) is 0 Å². The maximum absolute atomic E-state index is 12.2. The molecule has 6 heteroatoms. The number of esters is 1. The second-order valence-corrected chi connectivity index (χ2v) is 6.38. The summed E-state index contributed by atoms with van der Waals surface area (Å²) in [7, 11) is -1.06. The molecule has 0 spiro atoms. The number of fused-ring (bicyclic) bond motifs is 1. The molecule has 0 bridgehead atoms. The lowest BCUT2D eigenvalue weighted by molar-refractivity contribution is -0.112. The predicted molar refractivity (Wildman–Crippen MR) is 85.3 cm³/mol. The van der Waals surface area contributed by atoms with Crippen molar-refractivity contribution in [1.29, 1.82) is 0 Å². The molecule has 1 N–H and O–H groups in total. The predicted octanol–water partition coefficient (Wildman–Crippen LogP) is 2.26. The van der Waals surface area contributed by atoms with Crippen LogP contribution in [0.3, 0.4) is 0 Å². The molecule has 1 fully saturated rings. The number of carbonyl (C=O) groups excluding carboxylic acids is 2. The molecule has 0 saturated heterocycles. The normalized spacial score (nSPS) is 25.6. The minimum absolute atomic E-state index is 0.0120. The number of para-hydroxylation sites is 1. The van der Waals surface area contributed by atoms with Crippen molar-refractivity contribution in [2.75, 3.05) is 6.61 Å². The number of benzene rings is 1. The number of hydrogen-bond donors (Lipinski definition) is 1. The number of unbranched alkanes of at least 4 members (excludes halogenated alkanes) is 1. The minimum atomic E-state index is -1.06. The lowest BCUT2D eigenvalue weighted by atomic mass is 9.63. The number of rotatable bonds is 5. The second kappa shape index (κ2) is 6.36. The molecule has 3 unspecified atom stereocenters. The van der Waals surface area contributed by atoms with Crippen molar-refractivity contribution < 1.29 is 24.0 Å². The van der Waals surface area contributed by atoms with Crippen molar-refractivity contribution in [2.24, 2.45) is 11.8 Å². The molecule has 1 aliphatic carbocycles. The summed E-state index contributed by atoms with van der Waals surface area (Å²) in [5.74, 6) is -0.261. The molecule has 2 aliphatic rings. The molecular weight excluding hydrogens is 295 g/mol. The van der Waals surface area contributed by atoms with Crippen molar-refractivity contribution in [2.45, 2.75) is 38.9 Å². The van der Waals surface area contributed by atoms with Crippen molar-refractivity contribution in [3.05, 3.63) is 29.3 Å². The summed E-state index contributed by atoms with van der Waals surface area (Å²) in [5, 5.41) is 10.3. The summed E-state index contributed by atoms with van der Waals surface area (Å²) in [4.78, 5) is 23.8. The third-order valence-corrected chi connectivity index (χ3v) is 4.78. The Bertz CT molecular complexity index is 629. The smallest absolute Gasteiger partial charge is 0.527 e. The lowest BCUT2D eigenvalue weighted by Gasteiger charge is -2.28. The number of hydrogen-bond acceptors (Lipinski definition) is 5. The lowest BCUT2D eigenvalue weighted by Crippen LogP contribution is -2.36. The fraction of sp³-hybridized carbons (Fsp3) is 0.529. The Hall–Kier alpha value is -1.82. The van der Waals surface area contributed by atoms with Gasteiger partial charge in [0.2, 0.25) is 0 Å². The van der Waals surface area contributed by atoms with E-state index in [2.05, 4.69) is 0 Å². The van der Waals surface area contributed by atoms with Crippen LogP contribution in [0, 0.1) is 11.8 Å². The van der Waals surface area contributed by atoms with Crippen LogP contribution in [0.4, 0.5) is 0 Å². The average molecular weight is 316 g/mol. The summed E-state index contributed by atoms with van der Waals surface area (Å²) in [6.45, 7) is 4.27. The summed E-state index contributed by atoms with van der Waals surface area (Å²) in [6, 6.07) is 5.30. The van der Waals surface area contributed by atoms with Crippen LogP contribution in [0.15, 0.2) is 18.2 Å². The fourth-order valence-electron chi connectivity index (χ4n) is 3.27. The number of ether oxygens (including phenoxy) is 1. The van der Waals surface area contributed by atoms with Gasteiger partial charge in [-0.15, -0.1) is 0 Å². The van der Waals surface area contributed by atoms with E-state index in [0.717, 1.165) is 18.4 Å². The summed E-state index contributed by atoms with van der Waals surface area (Å²) in [6.07, 6.45) is 2.30. The Balaban J connectivity index is 1.79. The third-order valence-electron chi connectivity index (χ3n) is 4.78. The Kier molecular flexibility index (Phi) is 4.44. The number of ketones is 1. The maximum atomic E-state index is 12.2. The van der Waals surface area contributed by atoms with Gasteiger partial charge < -0.3 is 14.4 Å². The highest BCUT2D eigenvalue weighted by atomic mass is 16.5. The molecule has 3 rings (SSSR count). The van der Waals surface area contributed by atoms with E-state index in [0.29, 0.717) is 24.3 Å². The van der Waals surface area contributed by atoms with Gasteiger partial charge in [-0.25, -0.2) is 4.79 Å². The first kappa shape index (κ1) is 16.1. The van der Waals surface area contributed by atoms with E-state index >= 15 is 0 Å². The molecule has 5 nitrogen and oxygen atoms in total. The van der Waals surface area contributed by atoms with Crippen LogP contribution in [0.2, 0.25) is 5.82 Å². The Morgan fingerprint density at radius 2 is 2.22 bits per heavy atom. The Morgan fingerprint density at radius 1 is 1.48 bits per heavy atom. The van der Waals surface area contributed by atoms with Crippen LogP contribution < -0.4 is 4.65 Å². The van der Waals surface area contributed by atoms with Crippen LogP contribution in [-0.2, 0) is 16.0 Å². The maximum Gasteiger partial charge on any atom is 0.527 e. The van der Waals surface area contributed by atoms with E-state index in [1.165, 1.54) is 0 Å². The van der Waals surface area contributed by atoms with E-state index in [1.807, 2.05) is 19.9 Å². The molecule has 0 radical (unpaired) electrons. The first-order valence-corrected chi connectivity index (χ1v) is 8.22. The van der Waals surface area contributed by atoms with Crippen LogP contribution in [0.1, 0.15) is 42.6 Å². The standard InChI is InChI=1S/C17H21BO5/c1-3-4-8-22-17(20)12-7-5-6-11-9-13(14-10(2)15(14)19)18(21)23-16(11)12/h5-7,10,13-14,21H,3-4,8-9H2,1-2H3. The van der Waals surface area contributed by atoms with Crippen molar-refractivity contribution in [3.63, 3.8) is 0 Å². The van der Waals surface area contributed by atoms with Gasteiger partial charge in [0.25, 0.3) is 0 Å². The average Bonchev–Trinajstić information content (AvgIpc) is 3.13. The van der Waals surface area contributed by atoms with Gasteiger partial charge in [-0.05, 0) is 24.5 Å². The monoisotopic (exact) mass is 316 g/mol. The van der Waals surface area contributed by atoms with Gasteiger partial charge >= 0.3 is 13.1 Å². The van der Waals surface area contributed by atoms with Gasteiger partial charge in [0.15, 0.2) is 0 Å². The first-order valence-electron chi connectivity index (χ1n) is 8.22. The van der Waals surface area contributed by atoms with Crippen LogP contribution in [-0.4, -0.2) is 30.5 Å². The zero-order chi connectivity index (χ0) is 16.6. The molecule has 3 atom stereocenters. The largest absolute Gasteiger partial charge is 0.535 e. The molecule has 1 aromatic carbocycles. The quantitative estimate of drug-likeness (QED) is 0.512. The van der Waals surface area contributed by atoms with Gasteiger partial charge in [0.1, 0.15) is 17.1 Å². The van der Waals surface area contributed by atoms with E-state index < -0.39 is 13.1 Å². The summed E-state index contributed by atoms with van der Waals surface area (Å²) < 4.78 is 10.8. The minimum Gasteiger partial charge on any atom is -0.535 e. The topological polar surface area (TPSA) is 72.8 Å². The van der Waals surface area contributed by atoms with E-state index in [1.54, 1.807) is 12.1 Å². The second-order valence-electron chi connectivity index (χ2n) is 6.38. The molecule has 0 amide bonds. The summed E-state index contributed by atoms with van der Waals surface area (Å²) in [5.41, 5.74) is 1.18. The number of Topliss-reactive ketones (excluding diaryl/α,β-unsaturated/α-hetero) is 1. The highest BCUT2D eigenvalue weighted by Crippen LogP contribution is 2.48. The Morgan fingerprint density at radius 3 is 2.87 bits per heavy atom. The highest BCUT2D eigenvalue weighted by molar-refractivity contribution is 6.47. The van der Waals surface area contributed by atoms with Gasteiger partial charge in [0.05, 0.1) is 6.61 Å². The number of carbonyl (C=O) groups is 2. The highest BCUT2D eigenvalue weighted by Gasteiger charge is 2.56. The van der Waals surface area contributed by atoms with Gasteiger partial charge in [-0.3, -0.25) is 4.79 Å². The zero-order valence-electron chi connectivity index (χ0n) is 13.5. The molecule has 122 valence electrons. The fourth-order valence-corrected chi connectivity index (χ4v) is 3.27. The van der Waals surface area contributed by atoms with E-state index in [-0.39, 0.29) is 23.4 Å². The van der Waals surface area contributed by atoms with Crippen LogP contribution >= 0.6 is 0 Å². The molecule has 1 aromatic rings. The van der Waals surface area contributed by atoms with Crippen molar-refractivity contribution in [3.8, 4) is 5.75 Å². The molecule has 23 heavy (non-hydrogen) atoms. The Labute approximate surface area is 136 Å². The summed E-state index contributed by atoms with van der Waals surface area (Å²) >= 11 is 0. The van der Waals surface area contributed by atoms with Crippen molar-refractivity contribution in [1.82, 2.24) is 0 Å². The van der Waals surface area contributed by atoms with Crippen molar-refractivity contribution >= 4 is 18.9 Å². The van der Waals surface area contributed by atoms with Crippen LogP contribution in [0.5, 0.6) is 5.75 Å².